The van der Waals surface area contributed by atoms with Gasteiger partial charge in [0.2, 0.25) is 5.91 Å². The van der Waals surface area contributed by atoms with Gasteiger partial charge in [-0.15, -0.1) is 0 Å². The number of nitrogens with one attached hydrogen (secondary N) is 1. The van der Waals surface area contributed by atoms with Gasteiger partial charge in [-0.1, -0.05) is 6.92 Å². The summed E-state index contributed by atoms with van der Waals surface area (Å²) in [5, 5.41) is 2.27. The van der Waals surface area contributed by atoms with Gasteiger partial charge in [0.05, 0.1) is 11.4 Å². The third-order valence-corrected chi connectivity index (χ3v) is 4.47. The number of hydrogen-bond acceptors (Lipinski definition) is 4. The molecule has 0 spiro atoms. The molecule has 0 saturated heterocycles. The average Bonchev–Trinajstić information content (AvgIpc) is 2.68. The molecular weight excluding hydrogens is 382 g/mol. The molecule has 0 aromatic heterocycles. The van der Waals surface area contributed by atoms with Crippen LogP contribution in [0, 0.1) is 11.6 Å². The summed E-state index contributed by atoms with van der Waals surface area (Å²) in [6.07, 6.45) is 0.190. The van der Waals surface area contributed by atoms with Crippen molar-refractivity contribution >= 4 is 29.0 Å². The van der Waals surface area contributed by atoms with Crippen molar-refractivity contribution < 1.29 is 27.9 Å². The molecule has 152 valence electrons. The predicted molar refractivity (Wildman–Crippen MR) is 103 cm³/mol. The SMILES string of the molecule is CCCC(=O)c1ccc2c(c1)N(CC(=O)Nc1cc(F)ccc1F)C(=O)C(C)O2. The highest BCUT2D eigenvalue weighted by Gasteiger charge is 2.33. The summed E-state index contributed by atoms with van der Waals surface area (Å²) in [4.78, 5) is 38.4. The van der Waals surface area contributed by atoms with E-state index in [1.807, 2.05) is 6.92 Å². The van der Waals surface area contributed by atoms with Gasteiger partial charge in [-0.3, -0.25) is 19.3 Å². The number of nitrogens with zero attached hydrogens (tertiary/aromatic N) is 1. The highest BCUT2D eigenvalue weighted by molar-refractivity contribution is 6.07. The highest BCUT2D eigenvalue weighted by atomic mass is 19.1. The minimum atomic E-state index is -0.835. The van der Waals surface area contributed by atoms with Gasteiger partial charge < -0.3 is 10.1 Å². The van der Waals surface area contributed by atoms with E-state index in [4.69, 9.17) is 4.74 Å². The van der Waals surface area contributed by atoms with Crippen LogP contribution in [0.4, 0.5) is 20.2 Å². The van der Waals surface area contributed by atoms with Crippen LogP contribution in [0.15, 0.2) is 36.4 Å². The predicted octanol–water partition coefficient (Wildman–Crippen LogP) is 3.70. The Kier molecular flexibility index (Phi) is 5.91. The average molecular weight is 402 g/mol. The zero-order chi connectivity index (χ0) is 21.1. The van der Waals surface area contributed by atoms with Crippen LogP contribution in [0.25, 0.3) is 0 Å². The van der Waals surface area contributed by atoms with Crippen LogP contribution in [0.1, 0.15) is 37.0 Å². The van der Waals surface area contributed by atoms with Gasteiger partial charge in [-0.25, -0.2) is 8.78 Å². The summed E-state index contributed by atoms with van der Waals surface area (Å²) < 4.78 is 32.7. The number of halogens is 2. The Labute approximate surface area is 166 Å². The molecule has 0 aliphatic carbocycles. The lowest BCUT2D eigenvalue weighted by atomic mass is 10.0. The van der Waals surface area contributed by atoms with Gasteiger partial charge in [0, 0.05) is 18.1 Å². The standard InChI is InChI=1S/C21H20F2N2O4/c1-3-4-18(26)13-5-8-19-17(9-13)25(21(28)12(2)29-19)11-20(27)24-16-10-14(22)6-7-15(16)23/h5-10,12H,3-4,11H2,1-2H3,(H,24,27). The second kappa shape index (κ2) is 8.38. The first-order valence-electron chi connectivity index (χ1n) is 9.20. The maximum Gasteiger partial charge on any atom is 0.268 e. The van der Waals surface area contributed by atoms with Crippen molar-refractivity contribution in [3.8, 4) is 5.75 Å². The summed E-state index contributed by atoms with van der Waals surface area (Å²) in [6.45, 7) is 2.98. The van der Waals surface area contributed by atoms with E-state index >= 15 is 0 Å². The van der Waals surface area contributed by atoms with Crippen LogP contribution in [-0.4, -0.2) is 30.2 Å². The first kappa shape index (κ1) is 20.4. The number of rotatable bonds is 6. The molecule has 0 saturated carbocycles. The van der Waals surface area contributed by atoms with Crippen molar-refractivity contribution in [1.82, 2.24) is 0 Å². The van der Waals surface area contributed by atoms with Crippen LogP contribution in [0.5, 0.6) is 5.75 Å². The lowest BCUT2D eigenvalue weighted by molar-refractivity contribution is -0.127. The van der Waals surface area contributed by atoms with Gasteiger partial charge in [-0.2, -0.15) is 0 Å². The minimum Gasteiger partial charge on any atom is -0.479 e. The van der Waals surface area contributed by atoms with Crippen molar-refractivity contribution in [1.29, 1.82) is 0 Å². The van der Waals surface area contributed by atoms with E-state index in [1.54, 1.807) is 19.1 Å². The lowest BCUT2D eigenvalue weighted by Gasteiger charge is -2.32. The second-order valence-corrected chi connectivity index (χ2v) is 6.71. The number of fused-ring (bicyclic) bond motifs is 1. The number of ketones is 1. The number of ether oxygens (including phenoxy) is 1. The monoisotopic (exact) mass is 402 g/mol. The van der Waals surface area contributed by atoms with Crippen molar-refractivity contribution in [2.24, 2.45) is 0 Å². The van der Waals surface area contributed by atoms with Crippen LogP contribution in [0.3, 0.4) is 0 Å². The first-order valence-corrected chi connectivity index (χ1v) is 9.20. The summed E-state index contributed by atoms with van der Waals surface area (Å²) in [5.74, 6) is -2.43. The fourth-order valence-electron chi connectivity index (χ4n) is 3.04. The van der Waals surface area contributed by atoms with E-state index in [9.17, 15) is 23.2 Å². The van der Waals surface area contributed by atoms with Gasteiger partial charge in [0.25, 0.3) is 5.91 Å². The van der Waals surface area contributed by atoms with Gasteiger partial charge in [0.15, 0.2) is 11.9 Å². The Morgan fingerprint density at radius 2 is 1.93 bits per heavy atom. The fourth-order valence-corrected chi connectivity index (χ4v) is 3.04. The molecule has 0 fully saturated rings. The van der Waals surface area contributed by atoms with Crippen molar-refractivity contribution in [2.45, 2.75) is 32.8 Å². The van der Waals surface area contributed by atoms with Crippen LogP contribution < -0.4 is 15.0 Å². The third-order valence-electron chi connectivity index (χ3n) is 4.47. The van der Waals surface area contributed by atoms with Crippen LogP contribution >= 0.6 is 0 Å². The number of benzene rings is 2. The zero-order valence-corrected chi connectivity index (χ0v) is 16.0. The smallest absolute Gasteiger partial charge is 0.268 e. The highest BCUT2D eigenvalue weighted by Crippen LogP contribution is 2.35. The molecule has 1 atom stereocenters. The Hall–Kier alpha value is -3.29. The maximum absolute atomic E-state index is 13.8. The summed E-state index contributed by atoms with van der Waals surface area (Å²) in [5.41, 5.74) is 0.360. The molecule has 1 heterocycles. The molecule has 2 aromatic rings. The molecule has 29 heavy (non-hydrogen) atoms. The number of carbonyl (C=O) groups excluding carboxylic acids is 3. The molecular formula is C21H20F2N2O4. The van der Waals surface area contributed by atoms with E-state index in [1.165, 1.54) is 11.0 Å². The Morgan fingerprint density at radius 1 is 1.17 bits per heavy atom. The molecule has 0 radical (unpaired) electrons. The van der Waals surface area contributed by atoms with Gasteiger partial charge in [0.1, 0.15) is 23.9 Å². The number of amides is 2. The van der Waals surface area contributed by atoms with Gasteiger partial charge in [-0.05, 0) is 43.7 Å². The largest absolute Gasteiger partial charge is 0.479 e. The molecule has 1 unspecified atom stereocenters. The molecule has 1 aliphatic heterocycles. The zero-order valence-electron chi connectivity index (χ0n) is 16.0. The molecule has 1 aliphatic rings. The molecule has 2 amide bonds. The first-order chi connectivity index (χ1) is 13.8. The van der Waals surface area contributed by atoms with Crippen LogP contribution in [0.2, 0.25) is 0 Å². The van der Waals surface area contributed by atoms with Crippen molar-refractivity contribution in [3.05, 3.63) is 53.6 Å². The number of hydrogen-bond donors (Lipinski definition) is 1. The van der Waals surface area contributed by atoms with Crippen molar-refractivity contribution in [3.63, 3.8) is 0 Å². The van der Waals surface area contributed by atoms with E-state index in [-0.39, 0.29) is 17.2 Å². The number of carbonyl (C=O) groups is 3. The molecule has 0 bridgehead atoms. The lowest BCUT2D eigenvalue weighted by Crippen LogP contribution is -2.47. The summed E-state index contributed by atoms with van der Waals surface area (Å²) in [7, 11) is 0. The van der Waals surface area contributed by atoms with E-state index in [0.29, 0.717) is 24.2 Å². The number of Topliss-reactive ketones (excluding diaryl/α,β-unsaturated/α-hetero) is 1. The van der Waals surface area contributed by atoms with Crippen molar-refractivity contribution in [2.75, 3.05) is 16.8 Å². The second-order valence-electron chi connectivity index (χ2n) is 6.71. The molecule has 8 heteroatoms. The fraction of sp³-hybridized carbons (Fsp3) is 0.286. The quantitative estimate of drug-likeness (QED) is 0.748. The molecule has 1 N–H and O–H groups in total. The summed E-state index contributed by atoms with van der Waals surface area (Å²) in [6, 6.07) is 7.38. The van der Waals surface area contributed by atoms with Crippen LogP contribution in [-0.2, 0) is 9.59 Å². The Bertz CT molecular complexity index is 977. The molecule has 3 rings (SSSR count). The Morgan fingerprint density at radius 3 is 2.66 bits per heavy atom. The topological polar surface area (TPSA) is 75.7 Å². The normalized spacial score (nSPS) is 15.5. The van der Waals surface area contributed by atoms with E-state index in [0.717, 1.165) is 18.2 Å². The minimum absolute atomic E-state index is 0.0902. The van der Waals surface area contributed by atoms with E-state index < -0.39 is 36.1 Å². The number of anilines is 2. The van der Waals surface area contributed by atoms with E-state index in [2.05, 4.69) is 5.32 Å². The maximum atomic E-state index is 13.8. The molecule has 2 aromatic carbocycles. The summed E-state index contributed by atoms with van der Waals surface area (Å²) >= 11 is 0. The Balaban J connectivity index is 1.87. The molecule has 6 nitrogen and oxygen atoms in total. The van der Waals surface area contributed by atoms with Gasteiger partial charge >= 0.3 is 0 Å². The third kappa shape index (κ3) is 4.42.